The van der Waals surface area contributed by atoms with Gasteiger partial charge in [-0.2, -0.15) is 0 Å². The molecule has 0 heterocycles. The lowest BCUT2D eigenvalue weighted by atomic mass is 10.2. The van der Waals surface area contributed by atoms with E-state index in [1.807, 2.05) is 44.2 Å². The number of ether oxygens (including phenoxy) is 3. The third-order valence-corrected chi connectivity index (χ3v) is 3.36. The molecule has 2 aromatic carbocycles. The molecule has 0 aliphatic rings. The Hall–Kier alpha value is -2.95. The van der Waals surface area contributed by atoms with Crippen LogP contribution in [0.25, 0.3) is 6.08 Å². The Labute approximate surface area is 148 Å². The van der Waals surface area contributed by atoms with Crippen molar-refractivity contribution in [2.24, 2.45) is 0 Å². The van der Waals surface area contributed by atoms with Crippen molar-refractivity contribution < 1.29 is 19.0 Å². The Kier molecular flexibility index (Phi) is 6.89. The first kappa shape index (κ1) is 18.4. The zero-order chi connectivity index (χ0) is 18.1. The molecule has 25 heavy (non-hydrogen) atoms. The summed E-state index contributed by atoms with van der Waals surface area (Å²) in [6.07, 6.45) is 3.20. The Morgan fingerprint density at radius 2 is 1.72 bits per heavy atom. The summed E-state index contributed by atoms with van der Waals surface area (Å²) >= 11 is 0. The van der Waals surface area contributed by atoms with Gasteiger partial charge in [-0.1, -0.05) is 18.2 Å². The number of benzene rings is 2. The standard InChI is InChI=1S/C20H23NO4/c1-4-24-18-12-10-15(14-19(18)25-5-2)11-13-20(22)21-16-8-6-7-9-17(16)23-3/h6-14H,4-5H2,1-3H3,(H,21,22). The van der Waals surface area contributed by atoms with E-state index in [0.29, 0.717) is 36.1 Å². The smallest absolute Gasteiger partial charge is 0.248 e. The Balaban J connectivity index is 2.10. The second kappa shape index (κ2) is 9.37. The normalized spacial score (nSPS) is 10.5. The zero-order valence-corrected chi connectivity index (χ0v) is 14.7. The molecule has 5 nitrogen and oxygen atoms in total. The number of nitrogens with one attached hydrogen (secondary N) is 1. The van der Waals surface area contributed by atoms with Crippen LogP contribution in [0.1, 0.15) is 19.4 Å². The molecule has 0 spiro atoms. The molecule has 1 N–H and O–H groups in total. The number of methoxy groups -OCH3 is 1. The molecule has 0 bridgehead atoms. The van der Waals surface area contributed by atoms with Crippen molar-refractivity contribution in [3.8, 4) is 17.2 Å². The van der Waals surface area contributed by atoms with Gasteiger partial charge >= 0.3 is 0 Å². The third kappa shape index (κ3) is 5.28. The van der Waals surface area contributed by atoms with Gasteiger partial charge in [-0.3, -0.25) is 4.79 Å². The van der Waals surface area contributed by atoms with Gasteiger partial charge in [0.25, 0.3) is 0 Å². The molecule has 5 heteroatoms. The lowest BCUT2D eigenvalue weighted by Crippen LogP contribution is -2.08. The second-order valence-electron chi connectivity index (χ2n) is 5.10. The summed E-state index contributed by atoms with van der Waals surface area (Å²) < 4.78 is 16.3. The quantitative estimate of drug-likeness (QED) is 0.733. The van der Waals surface area contributed by atoms with Gasteiger partial charge in [-0.15, -0.1) is 0 Å². The molecule has 0 saturated carbocycles. The highest BCUT2D eigenvalue weighted by molar-refractivity contribution is 6.02. The van der Waals surface area contributed by atoms with E-state index in [9.17, 15) is 4.79 Å². The molecule has 132 valence electrons. The van der Waals surface area contributed by atoms with Crippen LogP contribution in [0.3, 0.4) is 0 Å². The van der Waals surface area contributed by atoms with Crippen LogP contribution in [0.5, 0.6) is 17.2 Å². The van der Waals surface area contributed by atoms with Crippen molar-refractivity contribution in [1.29, 1.82) is 0 Å². The van der Waals surface area contributed by atoms with E-state index in [1.165, 1.54) is 6.08 Å². The number of amides is 1. The van der Waals surface area contributed by atoms with Crippen LogP contribution >= 0.6 is 0 Å². The van der Waals surface area contributed by atoms with Gasteiger partial charge in [0.05, 0.1) is 26.0 Å². The molecular weight excluding hydrogens is 318 g/mol. The molecule has 0 aliphatic carbocycles. The Bertz CT molecular complexity index is 740. The van der Waals surface area contributed by atoms with Gasteiger partial charge in [0.1, 0.15) is 5.75 Å². The lowest BCUT2D eigenvalue weighted by molar-refractivity contribution is -0.111. The highest BCUT2D eigenvalue weighted by Crippen LogP contribution is 2.29. The van der Waals surface area contributed by atoms with Gasteiger partial charge in [0, 0.05) is 6.08 Å². The number of para-hydroxylation sites is 2. The van der Waals surface area contributed by atoms with Crippen LogP contribution < -0.4 is 19.5 Å². The predicted molar refractivity (Wildman–Crippen MR) is 99.4 cm³/mol. The average molecular weight is 341 g/mol. The first-order valence-corrected chi connectivity index (χ1v) is 8.19. The van der Waals surface area contributed by atoms with Crippen molar-refractivity contribution in [2.45, 2.75) is 13.8 Å². The summed E-state index contributed by atoms with van der Waals surface area (Å²) in [7, 11) is 1.57. The van der Waals surface area contributed by atoms with Crippen LogP contribution in [-0.4, -0.2) is 26.2 Å². The maximum Gasteiger partial charge on any atom is 0.248 e. The van der Waals surface area contributed by atoms with Crippen LogP contribution in [0, 0.1) is 0 Å². The number of carbonyl (C=O) groups is 1. The van der Waals surface area contributed by atoms with Crippen molar-refractivity contribution in [1.82, 2.24) is 0 Å². The molecule has 0 saturated heterocycles. The second-order valence-corrected chi connectivity index (χ2v) is 5.10. The minimum absolute atomic E-state index is 0.239. The Morgan fingerprint density at radius 3 is 2.44 bits per heavy atom. The van der Waals surface area contributed by atoms with Crippen LogP contribution in [0.15, 0.2) is 48.5 Å². The molecule has 2 rings (SSSR count). The topological polar surface area (TPSA) is 56.8 Å². The van der Waals surface area contributed by atoms with Crippen molar-refractivity contribution >= 4 is 17.7 Å². The maximum absolute atomic E-state index is 12.1. The Morgan fingerprint density at radius 1 is 1.00 bits per heavy atom. The van der Waals surface area contributed by atoms with E-state index in [2.05, 4.69) is 5.32 Å². The van der Waals surface area contributed by atoms with E-state index in [1.54, 1.807) is 25.3 Å². The van der Waals surface area contributed by atoms with Crippen molar-refractivity contribution in [3.63, 3.8) is 0 Å². The summed E-state index contributed by atoms with van der Waals surface area (Å²) in [5.41, 5.74) is 1.48. The fourth-order valence-corrected chi connectivity index (χ4v) is 2.27. The van der Waals surface area contributed by atoms with Crippen molar-refractivity contribution in [3.05, 3.63) is 54.1 Å². The number of carbonyl (C=O) groups excluding carboxylic acids is 1. The van der Waals surface area contributed by atoms with E-state index in [-0.39, 0.29) is 5.91 Å². The lowest BCUT2D eigenvalue weighted by Gasteiger charge is -2.11. The number of anilines is 1. The highest BCUT2D eigenvalue weighted by Gasteiger charge is 2.06. The van der Waals surface area contributed by atoms with E-state index >= 15 is 0 Å². The molecule has 0 aliphatic heterocycles. The van der Waals surface area contributed by atoms with Gasteiger partial charge in [0.2, 0.25) is 5.91 Å². The van der Waals surface area contributed by atoms with Gasteiger partial charge in [-0.05, 0) is 49.8 Å². The fourth-order valence-electron chi connectivity index (χ4n) is 2.27. The molecule has 0 aromatic heterocycles. The van der Waals surface area contributed by atoms with Gasteiger partial charge in [0.15, 0.2) is 11.5 Å². The summed E-state index contributed by atoms with van der Waals surface area (Å²) in [6, 6.07) is 12.8. The van der Waals surface area contributed by atoms with Gasteiger partial charge in [-0.25, -0.2) is 0 Å². The van der Waals surface area contributed by atoms with Crippen LogP contribution in [0.4, 0.5) is 5.69 Å². The SMILES string of the molecule is CCOc1ccc(C=CC(=O)Nc2ccccc2OC)cc1OCC. The summed E-state index contributed by atoms with van der Waals surface area (Å²) in [4.78, 5) is 12.1. The molecular formula is C20H23NO4. The zero-order valence-electron chi connectivity index (χ0n) is 14.7. The third-order valence-electron chi connectivity index (χ3n) is 3.36. The highest BCUT2D eigenvalue weighted by atomic mass is 16.5. The molecule has 1 amide bonds. The van der Waals surface area contributed by atoms with E-state index in [0.717, 1.165) is 5.56 Å². The maximum atomic E-state index is 12.1. The van der Waals surface area contributed by atoms with Crippen LogP contribution in [-0.2, 0) is 4.79 Å². The summed E-state index contributed by atoms with van der Waals surface area (Å²) in [5, 5.41) is 2.80. The van der Waals surface area contributed by atoms with Crippen LogP contribution in [0.2, 0.25) is 0 Å². The first-order chi connectivity index (χ1) is 12.2. The minimum Gasteiger partial charge on any atom is -0.495 e. The first-order valence-electron chi connectivity index (χ1n) is 8.19. The van der Waals surface area contributed by atoms with E-state index < -0.39 is 0 Å². The fraction of sp³-hybridized carbons (Fsp3) is 0.250. The molecule has 0 fully saturated rings. The number of hydrogen-bond acceptors (Lipinski definition) is 4. The van der Waals surface area contributed by atoms with E-state index in [4.69, 9.17) is 14.2 Å². The molecule has 0 atom stereocenters. The summed E-state index contributed by atoms with van der Waals surface area (Å²) in [6.45, 7) is 4.95. The predicted octanol–water partition coefficient (Wildman–Crippen LogP) is 4.14. The number of hydrogen-bond donors (Lipinski definition) is 1. The van der Waals surface area contributed by atoms with Crippen molar-refractivity contribution in [2.75, 3.05) is 25.6 Å². The number of rotatable bonds is 8. The molecule has 0 radical (unpaired) electrons. The molecule has 0 unspecified atom stereocenters. The summed E-state index contributed by atoms with van der Waals surface area (Å²) in [5.74, 6) is 1.73. The largest absolute Gasteiger partial charge is 0.495 e. The monoisotopic (exact) mass is 341 g/mol. The molecule has 2 aromatic rings. The van der Waals surface area contributed by atoms with Gasteiger partial charge < -0.3 is 19.5 Å². The average Bonchev–Trinajstić information content (AvgIpc) is 2.62. The minimum atomic E-state index is -0.239.